The molecule has 2 amide bonds. The molecule has 0 spiro atoms. The number of hydrogen-bond acceptors (Lipinski definition) is 6. The SMILES string of the molecule is C=CCCC(=O)N[C@H](C(=O)N1C[C@H](NS(=O)(=O)c2cccc(Br)c2)C[C@H]1C(=O)OC)C1CCCCC1. The van der Waals surface area contributed by atoms with E-state index >= 15 is 0 Å². The summed E-state index contributed by atoms with van der Waals surface area (Å²) in [5, 5.41) is 2.90. The molecule has 11 heteroatoms. The molecule has 36 heavy (non-hydrogen) atoms. The van der Waals surface area contributed by atoms with Gasteiger partial charge in [0.15, 0.2) is 0 Å². The van der Waals surface area contributed by atoms with Gasteiger partial charge in [-0.15, -0.1) is 6.58 Å². The van der Waals surface area contributed by atoms with E-state index in [1.807, 2.05) is 0 Å². The molecule has 0 aromatic heterocycles. The third kappa shape index (κ3) is 7.17. The van der Waals surface area contributed by atoms with E-state index in [1.165, 1.54) is 24.1 Å². The van der Waals surface area contributed by atoms with Crippen LogP contribution in [0.2, 0.25) is 0 Å². The van der Waals surface area contributed by atoms with Crippen LogP contribution in [0.3, 0.4) is 0 Å². The van der Waals surface area contributed by atoms with Crippen LogP contribution < -0.4 is 10.0 Å². The van der Waals surface area contributed by atoms with E-state index in [0.717, 1.165) is 32.1 Å². The number of likely N-dealkylation sites (tertiary alicyclic amines) is 1. The molecule has 1 aromatic carbocycles. The van der Waals surface area contributed by atoms with Crippen LogP contribution >= 0.6 is 15.9 Å². The fourth-order valence-corrected chi connectivity index (χ4v) is 6.79. The monoisotopic (exact) mass is 583 g/mol. The standard InChI is InChI=1S/C25H34BrN3O6S/c1-3-4-13-22(30)27-23(17-9-6-5-7-10-17)24(31)29-16-19(15-21(29)25(32)35-2)28-36(33,34)20-12-8-11-18(26)14-20/h3,8,11-12,14,17,19,21,23,28H,1,4-7,9-10,13,15-16H2,2H3,(H,27,30)/t19-,21+,23+/m1/s1. The quantitative estimate of drug-likeness (QED) is 0.322. The molecule has 0 unspecified atom stereocenters. The zero-order valence-electron chi connectivity index (χ0n) is 20.5. The lowest BCUT2D eigenvalue weighted by Crippen LogP contribution is -2.55. The van der Waals surface area contributed by atoms with Gasteiger partial charge in [-0.2, -0.15) is 0 Å². The van der Waals surface area contributed by atoms with Gasteiger partial charge in [0.1, 0.15) is 12.1 Å². The number of carbonyl (C=O) groups excluding carboxylic acids is 3. The Morgan fingerprint density at radius 1 is 1.25 bits per heavy atom. The number of esters is 1. The molecule has 2 fully saturated rings. The Labute approximate surface area is 221 Å². The largest absolute Gasteiger partial charge is 0.467 e. The molecule has 1 saturated carbocycles. The normalized spacial score (nSPS) is 21.6. The van der Waals surface area contributed by atoms with Crippen LogP contribution in [-0.2, 0) is 29.1 Å². The van der Waals surface area contributed by atoms with E-state index in [0.29, 0.717) is 10.9 Å². The molecular weight excluding hydrogens is 550 g/mol. The summed E-state index contributed by atoms with van der Waals surface area (Å²) in [7, 11) is -2.65. The second kappa shape index (κ2) is 12.8. The van der Waals surface area contributed by atoms with Crippen molar-refractivity contribution in [1.29, 1.82) is 0 Å². The molecule has 1 aliphatic heterocycles. The number of rotatable bonds is 10. The molecule has 0 radical (unpaired) electrons. The lowest BCUT2D eigenvalue weighted by Gasteiger charge is -2.34. The average molecular weight is 585 g/mol. The first-order valence-corrected chi connectivity index (χ1v) is 14.5. The summed E-state index contributed by atoms with van der Waals surface area (Å²) < 4.78 is 34.1. The highest BCUT2D eigenvalue weighted by molar-refractivity contribution is 9.10. The van der Waals surface area contributed by atoms with E-state index in [9.17, 15) is 22.8 Å². The number of allylic oxidation sites excluding steroid dienone is 1. The van der Waals surface area contributed by atoms with E-state index in [2.05, 4.69) is 32.5 Å². The third-order valence-corrected chi connectivity index (χ3v) is 8.78. The Bertz CT molecular complexity index is 1070. The summed E-state index contributed by atoms with van der Waals surface area (Å²) in [6.07, 6.45) is 7.04. The molecule has 3 atom stereocenters. The van der Waals surface area contributed by atoms with Gasteiger partial charge in [-0.1, -0.05) is 47.3 Å². The maximum atomic E-state index is 13.8. The summed E-state index contributed by atoms with van der Waals surface area (Å²) in [6.45, 7) is 3.64. The molecule has 1 heterocycles. The first kappa shape index (κ1) is 28.3. The van der Waals surface area contributed by atoms with Gasteiger partial charge in [0.05, 0.1) is 12.0 Å². The maximum Gasteiger partial charge on any atom is 0.328 e. The minimum Gasteiger partial charge on any atom is -0.467 e. The molecular formula is C25H34BrN3O6S. The van der Waals surface area contributed by atoms with E-state index in [4.69, 9.17) is 4.74 Å². The number of sulfonamides is 1. The van der Waals surface area contributed by atoms with Gasteiger partial charge >= 0.3 is 5.97 Å². The van der Waals surface area contributed by atoms with Gasteiger partial charge in [-0.3, -0.25) is 9.59 Å². The Balaban J connectivity index is 1.82. The Hall–Kier alpha value is -2.24. The van der Waals surface area contributed by atoms with E-state index in [-0.39, 0.29) is 42.0 Å². The second-order valence-electron chi connectivity index (χ2n) is 9.31. The number of amides is 2. The molecule has 2 aliphatic rings. The van der Waals surface area contributed by atoms with Crippen molar-refractivity contribution < 1.29 is 27.5 Å². The predicted octanol–water partition coefficient (Wildman–Crippen LogP) is 2.90. The first-order chi connectivity index (χ1) is 17.2. The molecule has 9 nitrogen and oxygen atoms in total. The van der Waals surface area contributed by atoms with Crippen LogP contribution in [-0.4, -0.2) is 62.9 Å². The second-order valence-corrected chi connectivity index (χ2v) is 11.9. The van der Waals surface area contributed by atoms with Crippen LogP contribution in [0.1, 0.15) is 51.4 Å². The number of halogens is 1. The van der Waals surface area contributed by atoms with Gasteiger partial charge in [-0.25, -0.2) is 17.9 Å². The molecule has 1 saturated heterocycles. The molecule has 3 rings (SSSR count). The number of carbonyl (C=O) groups is 3. The predicted molar refractivity (Wildman–Crippen MR) is 138 cm³/mol. The Morgan fingerprint density at radius 3 is 2.61 bits per heavy atom. The summed E-state index contributed by atoms with van der Waals surface area (Å²) in [5.74, 6) is -1.30. The number of benzene rings is 1. The minimum absolute atomic E-state index is 0.00240. The van der Waals surface area contributed by atoms with Crippen LogP contribution in [0.15, 0.2) is 46.3 Å². The van der Waals surface area contributed by atoms with Crippen LogP contribution in [0, 0.1) is 5.92 Å². The van der Waals surface area contributed by atoms with Crippen molar-refractivity contribution in [3.05, 3.63) is 41.4 Å². The lowest BCUT2D eigenvalue weighted by molar-refractivity contribution is -0.152. The highest BCUT2D eigenvalue weighted by Crippen LogP contribution is 2.30. The highest BCUT2D eigenvalue weighted by atomic mass is 79.9. The van der Waals surface area contributed by atoms with Gasteiger partial charge in [-0.05, 0) is 49.8 Å². The van der Waals surface area contributed by atoms with Gasteiger partial charge in [0, 0.05) is 23.5 Å². The van der Waals surface area contributed by atoms with Crippen LogP contribution in [0.25, 0.3) is 0 Å². The summed E-state index contributed by atoms with van der Waals surface area (Å²) >= 11 is 3.28. The number of nitrogens with zero attached hydrogens (tertiary/aromatic N) is 1. The Morgan fingerprint density at radius 2 is 1.97 bits per heavy atom. The topological polar surface area (TPSA) is 122 Å². The van der Waals surface area contributed by atoms with Crippen LogP contribution in [0.5, 0.6) is 0 Å². The van der Waals surface area contributed by atoms with Crippen molar-refractivity contribution in [3.8, 4) is 0 Å². The van der Waals surface area contributed by atoms with Crippen molar-refractivity contribution in [3.63, 3.8) is 0 Å². The van der Waals surface area contributed by atoms with Crippen LogP contribution in [0.4, 0.5) is 0 Å². The smallest absolute Gasteiger partial charge is 0.328 e. The van der Waals surface area contributed by atoms with Gasteiger partial charge in [0.25, 0.3) is 0 Å². The first-order valence-electron chi connectivity index (χ1n) is 12.2. The van der Waals surface area contributed by atoms with Gasteiger partial charge < -0.3 is 15.0 Å². The molecule has 2 N–H and O–H groups in total. The zero-order chi connectivity index (χ0) is 26.3. The number of ether oxygens (including phenoxy) is 1. The average Bonchev–Trinajstić information content (AvgIpc) is 3.28. The maximum absolute atomic E-state index is 13.8. The number of nitrogens with one attached hydrogen (secondary N) is 2. The summed E-state index contributed by atoms with van der Waals surface area (Å²) in [5.41, 5.74) is 0. The van der Waals surface area contributed by atoms with Gasteiger partial charge in [0.2, 0.25) is 21.8 Å². The minimum atomic E-state index is -3.89. The van der Waals surface area contributed by atoms with E-state index in [1.54, 1.807) is 18.2 Å². The number of methoxy groups -OCH3 is 1. The van der Waals surface area contributed by atoms with Crippen molar-refractivity contribution in [1.82, 2.24) is 14.9 Å². The fraction of sp³-hybridized carbons (Fsp3) is 0.560. The van der Waals surface area contributed by atoms with Crippen molar-refractivity contribution in [2.75, 3.05) is 13.7 Å². The molecule has 1 aliphatic carbocycles. The number of hydrogen-bond donors (Lipinski definition) is 2. The van der Waals surface area contributed by atoms with Crippen molar-refractivity contribution >= 4 is 43.7 Å². The highest BCUT2D eigenvalue weighted by Gasteiger charge is 2.45. The fourth-order valence-electron chi connectivity index (χ4n) is 4.95. The Kier molecular flexibility index (Phi) is 10.1. The summed E-state index contributed by atoms with van der Waals surface area (Å²) in [6, 6.07) is 3.87. The molecule has 1 aromatic rings. The summed E-state index contributed by atoms with van der Waals surface area (Å²) in [4.78, 5) is 40.4. The third-order valence-electron chi connectivity index (χ3n) is 6.76. The molecule has 0 bridgehead atoms. The lowest BCUT2D eigenvalue weighted by atomic mass is 9.83. The molecule has 198 valence electrons. The van der Waals surface area contributed by atoms with Crippen molar-refractivity contribution in [2.24, 2.45) is 5.92 Å². The zero-order valence-corrected chi connectivity index (χ0v) is 22.9. The van der Waals surface area contributed by atoms with E-state index < -0.39 is 34.1 Å². The van der Waals surface area contributed by atoms with Crippen molar-refractivity contribution in [2.45, 2.75) is 74.4 Å².